The first-order valence-corrected chi connectivity index (χ1v) is 9.65. The lowest BCUT2D eigenvalue weighted by molar-refractivity contribution is 0.0899. The molecule has 3 heterocycles. The first-order valence-electron chi connectivity index (χ1n) is 8.77. The van der Waals surface area contributed by atoms with Crippen molar-refractivity contribution in [2.24, 2.45) is 0 Å². The summed E-state index contributed by atoms with van der Waals surface area (Å²) in [4.78, 5) is 18.0. The highest BCUT2D eigenvalue weighted by Crippen LogP contribution is 2.25. The third kappa shape index (κ3) is 3.68. The summed E-state index contributed by atoms with van der Waals surface area (Å²) in [6.45, 7) is 1.39. The molecule has 1 fully saturated rings. The number of amides is 1. The number of aromatic nitrogens is 3. The highest BCUT2D eigenvalue weighted by molar-refractivity contribution is 7.13. The van der Waals surface area contributed by atoms with Crippen LogP contribution >= 0.6 is 11.3 Å². The maximum atomic E-state index is 12.5. The topological polar surface area (TPSA) is 69.0 Å². The van der Waals surface area contributed by atoms with Gasteiger partial charge in [0.1, 0.15) is 0 Å². The van der Waals surface area contributed by atoms with Crippen molar-refractivity contribution < 1.29 is 9.53 Å². The summed E-state index contributed by atoms with van der Waals surface area (Å²) < 4.78 is 7.31. The van der Waals surface area contributed by atoms with E-state index in [0.29, 0.717) is 12.4 Å². The van der Waals surface area contributed by atoms with E-state index in [-0.39, 0.29) is 17.8 Å². The average Bonchev–Trinajstić information content (AvgIpc) is 3.42. The summed E-state index contributed by atoms with van der Waals surface area (Å²) in [6.07, 6.45) is 3.25. The number of nitrogens with zero attached hydrogens (tertiary/aromatic N) is 3. The molecule has 134 valence electrons. The first-order chi connectivity index (χ1) is 12.8. The Morgan fingerprint density at radius 2 is 2.15 bits per heavy atom. The van der Waals surface area contributed by atoms with Crippen LogP contribution < -0.4 is 5.32 Å². The van der Waals surface area contributed by atoms with Crippen molar-refractivity contribution in [1.82, 2.24) is 20.1 Å². The van der Waals surface area contributed by atoms with Gasteiger partial charge in [0.2, 0.25) is 5.82 Å². The Hall–Kier alpha value is -2.51. The second-order valence-electron chi connectivity index (χ2n) is 6.16. The van der Waals surface area contributed by atoms with Crippen LogP contribution in [-0.2, 0) is 4.74 Å². The van der Waals surface area contributed by atoms with E-state index in [0.717, 1.165) is 36.4 Å². The molecule has 1 unspecified atom stereocenters. The normalized spacial score (nSPS) is 16.7. The molecule has 0 bridgehead atoms. The number of para-hydroxylation sites is 1. The van der Waals surface area contributed by atoms with Crippen molar-refractivity contribution in [3.05, 3.63) is 53.7 Å². The Bertz CT molecular complexity index is 855. The third-order valence-corrected chi connectivity index (χ3v) is 5.19. The van der Waals surface area contributed by atoms with Crippen LogP contribution in [0.4, 0.5) is 0 Å². The molecule has 1 aromatic carbocycles. The minimum absolute atomic E-state index is 0.185. The van der Waals surface area contributed by atoms with Crippen molar-refractivity contribution in [2.75, 3.05) is 13.2 Å². The van der Waals surface area contributed by atoms with Crippen molar-refractivity contribution in [1.29, 1.82) is 0 Å². The molecule has 0 saturated carbocycles. The largest absolute Gasteiger partial charge is 0.378 e. The lowest BCUT2D eigenvalue weighted by Gasteiger charge is -2.08. The summed E-state index contributed by atoms with van der Waals surface area (Å²) in [5.74, 6) is 0.607. The summed E-state index contributed by atoms with van der Waals surface area (Å²) in [5, 5.41) is 9.35. The van der Waals surface area contributed by atoms with E-state index in [9.17, 15) is 4.79 Å². The summed E-state index contributed by atoms with van der Waals surface area (Å²) in [6, 6.07) is 13.7. The van der Waals surface area contributed by atoms with Crippen LogP contribution in [0, 0.1) is 0 Å². The monoisotopic (exact) mass is 368 g/mol. The van der Waals surface area contributed by atoms with Gasteiger partial charge in [-0.1, -0.05) is 24.3 Å². The van der Waals surface area contributed by atoms with E-state index < -0.39 is 0 Å². The van der Waals surface area contributed by atoms with Crippen LogP contribution in [0.2, 0.25) is 0 Å². The Morgan fingerprint density at radius 3 is 2.88 bits per heavy atom. The van der Waals surface area contributed by atoms with Gasteiger partial charge in [-0.25, -0.2) is 9.67 Å². The number of carbonyl (C=O) groups excluding carboxylic acids is 1. The van der Waals surface area contributed by atoms with Crippen LogP contribution in [0.25, 0.3) is 16.4 Å². The minimum atomic E-state index is -0.254. The Morgan fingerprint density at radius 1 is 1.27 bits per heavy atom. The number of hydrogen-bond acceptors (Lipinski definition) is 5. The fourth-order valence-electron chi connectivity index (χ4n) is 3.02. The van der Waals surface area contributed by atoms with Gasteiger partial charge in [0.25, 0.3) is 5.91 Å². The minimum Gasteiger partial charge on any atom is -0.378 e. The predicted molar refractivity (Wildman–Crippen MR) is 101 cm³/mol. The molecule has 0 radical (unpaired) electrons. The van der Waals surface area contributed by atoms with Gasteiger partial charge in [0, 0.05) is 13.2 Å². The maximum absolute atomic E-state index is 12.5. The van der Waals surface area contributed by atoms with Gasteiger partial charge >= 0.3 is 0 Å². The van der Waals surface area contributed by atoms with Gasteiger partial charge in [-0.15, -0.1) is 16.4 Å². The SMILES string of the molecule is O=C(NCCC1CCCO1)c1nc(-c2cccs2)n(-c2ccccc2)n1. The molecule has 4 rings (SSSR count). The average molecular weight is 368 g/mol. The fourth-order valence-corrected chi connectivity index (χ4v) is 3.72. The molecule has 1 aliphatic rings. The lowest BCUT2D eigenvalue weighted by Crippen LogP contribution is -2.28. The molecule has 1 atom stereocenters. The second-order valence-corrected chi connectivity index (χ2v) is 7.11. The molecule has 2 aromatic heterocycles. The van der Waals surface area contributed by atoms with E-state index in [1.54, 1.807) is 16.0 Å². The zero-order valence-corrected chi connectivity index (χ0v) is 15.1. The molecule has 3 aromatic rings. The fraction of sp³-hybridized carbons (Fsp3) is 0.316. The number of carbonyl (C=O) groups is 1. The summed E-state index contributed by atoms with van der Waals surface area (Å²) in [5.41, 5.74) is 0.877. The van der Waals surface area contributed by atoms with Gasteiger partial charge in [-0.05, 0) is 42.8 Å². The second kappa shape index (κ2) is 7.80. The first kappa shape index (κ1) is 16.9. The highest BCUT2D eigenvalue weighted by Gasteiger charge is 2.20. The molecule has 26 heavy (non-hydrogen) atoms. The van der Waals surface area contributed by atoms with E-state index in [4.69, 9.17) is 4.74 Å². The maximum Gasteiger partial charge on any atom is 0.290 e. The third-order valence-electron chi connectivity index (χ3n) is 4.33. The van der Waals surface area contributed by atoms with Crippen LogP contribution in [0.5, 0.6) is 0 Å². The zero-order valence-electron chi connectivity index (χ0n) is 14.3. The van der Waals surface area contributed by atoms with E-state index in [1.807, 2.05) is 47.8 Å². The smallest absolute Gasteiger partial charge is 0.290 e. The van der Waals surface area contributed by atoms with Gasteiger partial charge in [-0.2, -0.15) is 0 Å². The number of ether oxygens (including phenoxy) is 1. The molecule has 0 aliphatic carbocycles. The molecule has 0 spiro atoms. The number of thiophene rings is 1. The van der Waals surface area contributed by atoms with E-state index >= 15 is 0 Å². The molecule has 1 aliphatic heterocycles. The predicted octanol–water partition coefficient (Wildman–Crippen LogP) is 3.29. The summed E-state index contributed by atoms with van der Waals surface area (Å²) >= 11 is 1.57. The van der Waals surface area contributed by atoms with Crippen molar-refractivity contribution in [2.45, 2.75) is 25.4 Å². The van der Waals surface area contributed by atoms with Crippen LogP contribution in [0.1, 0.15) is 29.9 Å². The van der Waals surface area contributed by atoms with E-state index in [1.165, 1.54) is 0 Å². The standard InChI is InChI=1S/C19H20N4O2S/c24-19(20-11-10-15-8-4-12-25-15)17-21-18(16-9-5-13-26-16)23(22-17)14-6-2-1-3-7-14/h1-3,5-7,9,13,15H,4,8,10-12H2,(H,20,24). The van der Waals surface area contributed by atoms with Gasteiger partial charge in [-0.3, -0.25) is 4.79 Å². The molecular weight excluding hydrogens is 348 g/mol. The molecule has 7 heteroatoms. The van der Waals surface area contributed by atoms with Gasteiger partial charge < -0.3 is 10.1 Å². The quantitative estimate of drug-likeness (QED) is 0.725. The zero-order chi connectivity index (χ0) is 17.8. The molecule has 6 nitrogen and oxygen atoms in total. The Kier molecular flexibility index (Phi) is 5.08. The molecule has 1 amide bonds. The van der Waals surface area contributed by atoms with Crippen molar-refractivity contribution in [3.63, 3.8) is 0 Å². The number of benzene rings is 1. The van der Waals surface area contributed by atoms with Crippen LogP contribution in [-0.4, -0.2) is 39.9 Å². The lowest BCUT2D eigenvalue weighted by atomic mass is 10.2. The molecular formula is C19H20N4O2S. The van der Waals surface area contributed by atoms with Crippen molar-refractivity contribution >= 4 is 17.2 Å². The molecule has 1 saturated heterocycles. The van der Waals surface area contributed by atoms with Gasteiger partial charge in [0.15, 0.2) is 5.82 Å². The number of hydrogen-bond donors (Lipinski definition) is 1. The van der Waals surface area contributed by atoms with Crippen LogP contribution in [0.3, 0.4) is 0 Å². The van der Waals surface area contributed by atoms with Crippen LogP contribution in [0.15, 0.2) is 47.8 Å². The van der Waals surface area contributed by atoms with Crippen molar-refractivity contribution in [3.8, 4) is 16.4 Å². The summed E-state index contributed by atoms with van der Waals surface area (Å²) in [7, 11) is 0. The number of rotatable bonds is 6. The van der Waals surface area contributed by atoms with E-state index in [2.05, 4.69) is 15.4 Å². The Balaban J connectivity index is 1.53. The van der Waals surface area contributed by atoms with Gasteiger partial charge in [0.05, 0.1) is 16.7 Å². The highest BCUT2D eigenvalue weighted by atomic mass is 32.1. The molecule has 1 N–H and O–H groups in total. The number of nitrogens with one attached hydrogen (secondary N) is 1. The Labute approximate surface area is 155 Å².